The summed E-state index contributed by atoms with van der Waals surface area (Å²) in [7, 11) is 0. The van der Waals surface area contributed by atoms with Crippen molar-refractivity contribution in [1.82, 2.24) is 0 Å². The van der Waals surface area contributed by atoms with Crippen LogP contribution >= 0.6 is 0 Å². The lowest BCUT2D eigenvalue weighted by molar-refractivity contribution is -0.123. The van der Waals surface area contributed by atoms with Crippen molar-refractivity contribution in [3.05, 3.63) is 65.7 Å². The number of nitrogens with zero attached hydrogens (tertiary/aromatic N) is 1. The SMILES string of the molecule is C[C@@H](C#Cc1ccccc1)[C@@]1(C)C(=O)N(C(=O)OC(C)(C)C)c2ccccc21. The van der Waals surface area contributed by atoms with Crippen LogP contribution in [0.5, 0.6) is 0 Å². The first-order valence-electron chi connectivity index (χ1n) is 9.38. The van der Waals surface area contributed by atoms with Crippen molar-refractivity contribution in [2.45, 2.75) is 45.6 Å². The second-order valence-corrected chi connectivity index (χ2v) is 8.20. The lowest BCUT2D eigenvalue weighted by Crippen LogP contribution is -2.46. The number of para-hydroxylation sites is 1. The van der Waals surface area contributed by atoms with E-state index in [-0.39, 0.29) is 11.8 Å². The van der Waals surface area contributed by atoms with Crippen molar-refractivity contribution < 1.29 is 14.3 Å². The van der Waals surface area contributed by atoms with Crippen LogP contribution in [0.2, 0.25) is 0 Å². The van der Waals surface area contributed by atoms with Crippen LogP contribution in [0.3, 0.4) is 0 Å². The fraction of sp³-hybridized carbons (Fsp3) is 0.333. The molecule has 28 heavy (non-hydrogen) atoms. The number of benzene rings is 2. The predicted molar refractivity (Wildman–Crippen MR) is 110 cm³/mol. The third-order valence-electron chi connectivity index (χ3n) is 5.00. The summed E-state index contributed by atoms with van der Waals surface area (Å²) in [6, 6.07) is 17.0. The molecular formula is C24H25NO3. The maximum absolute atomic E-state index is 13.4. The summed E-state index contributed by atoms with van der Waals surface area (Å²) in [4.78, 5) is 27.3. The van der Waals surface area contributed by atoms with Gasteiger partial charge in [-0.3, -0.25) is 4.79 Å². The summed E-state index contributed by atoms with van der Waals surface area (Å²) < 4.78 is 5.48. The van der Waals surface area contributed by atoms with Gasteiger partial charge in [-0.2, -0.15) is 0 Å². The Balaban J connectivity index is 2.00. The first-order valence-corrected chi connectivity index (χ1v) is 9.38. The van der Waals surface area contributed by atoms with E-state index in [1.165, 1.54) is 0 Å². The van der Waals surface area contributed by atoms with Crippen LogP contribution in [0.25, 0.3) is 0 Å². The molecule has 2 aromatic rings. The Morgan fingerprint density at radius 2 is 1.68 bits per heavy atom. The molecule has 4 nitrogen and oxygen atoms in total. The standard InChI is InChI=1S/C24H25NO3/c1-17(15-16-18-11-7-6-8-12-18)24(5)19-13-9-10-14-20(19)25(21(24)26)22(27)28-23(2,3)4/h6-14,17H,1-5H3/t17-,24+/m0/s1. The van der Waals surface area contributed by atoms with E-state index in [2.05, 4.69) is 11.8 Å². The minimum absolute atomic E-state index is 0.297. The van der Waals surface area contributed by atoms with Crippen molar-refractivity contribution in [2.75, 3.05) is 4.90 Å². The third-order valence-corrected chi connectivity index (χ3v) is 5.00. The number of carbonyl (C=O) groups excluding carboxylic acids is 2. The summed E-state index contributed by atoms with van der Waals surface area (Å²) in [5, 5.41) is 0. The molecule has 3 rings (SSSR count). The molecule has 0 aromatic heterocycles. The molecule has 144 valence electrons. The molecule has 0 saturated heterocycles. The van der Waals surface area contributed by atoms with Gasteiger partial charge in [-0.25, -0.2) is 9.69 Å². The predicted octanol–water partition coefficient (Wildman–Crippen LogP) is 4.91. The van der Waals surface area contributed by atoms with E-state index < -0.39 is 17.1 Å². The molecule has 0 spiro atoms. The number of imide groups is 1. The number of fused-ring (bicyclic) bond motifs is 1. The topological polar surface area (TPSA) is 46.6 Å². The van der Waals surface area contributed by atoms with Gasteiger partial charge < -0.3 is 4.74 Å². The molecule has 0 N–H and O–H groups in total. The highest BCUT2D eigenvalue weighted by molar-refractivity contribution is 6.21. The van der Waals surface area contributed by atoms with Crippen LogP contribution in [0.15, 0.2) is 54.6 Å². The Bertz CT molecular complexity index is 963. The number of anilines is 1. The van der Waals surface area contributed by atoms with Crippen LogP contribution in [0, 0.1) is 17.8 Å². The number of hydrogen-bond acceptors (Lipinski definition) is 3. The Hall–Kier alpha value is -3.06. The highest BCUT2D eigenvalue weighted by Gasteiger charge is 2.53. The Morgan fingerprint density at radius 3 is 2.32 bits per heavy atom. The van der Waals surface area contributed by atoms with Crippen molar-refractivity contribution in [2.24, 2.45) is 5.92 Å². The van der Waals surface area contributed by atoms with Crippen molar-refractivity contribution in [3.63, 3.8) is 0 Å². The van der Waals surface area contributed by atoms with Gasteiger partial charge in [0, 0.05) is 11.5 Å². The van der Waals surface area contributed by atoms with Gasteiger partial charge in [0.05, 0.1) is 11.1 Å². The minimum Gasteiger partial charge on any atom is -0.443 e. The summed E-state index contributed by atoms with van der Waals surface area (Å²) >= 11 is 0. The van der Waals surface area contributed by atoms with Gasteiger partial charge in [0.2, 0.25) is 5.91 Å². The van der Waals surface area contributed by atoms with Gasteiger partial charge in [-0.15, -0.1) is 0 Å². The van der Waals surface area contributed by atoms with E-state index in [1.54, 1.807) is 26.8 Å². The van der Waals surface area contributed by atoms with Crippen LogP contribution in [-0.4, -0.2) is 17.6 Å². The molecule has 0 unspecified atom stereocenters. The minimum atomic E-state index is -0.935. The molecular weight excluding hydrogens is 350 g/mol. The molecule has 4 heteroatoms. The molecule has 2 atom stereocenters. The number of amides is 2. The summed E-state index contributed by atoms with van der Waals surface area (Å²) in [6.45, 7) is 9.12. The highest BCUT2D eigenvalue weighted by atomic mass is 16.6. The molecule has 2 amide bonds. The lowest BCUT2D eigenvalue weighted by atomic mass is 9.73. The van der Waals surface area contributed by atoms with Crippen molar-refractivity contribution in [1.29, 1.82) is 0 Å². The largest absolute Gasteiger partial charge is 0.443 e. The molecule has 0 bridgehead atoms. The van der Waals surface area contributed by atoms with Crippen LogP contribution in [0.4, 0.5) is 10.5 Å². The van der Waals surface area contributed by atoms with E-state index >= 15 is 0 Å². The maximum atomic E-state index is 13.4. The van der Waals surface area contributed by atoms with Crippen LogP contribution in [-0.2, 0) is 14.9 Å². The average molecular weight is 375 g/mol. The number of carbonyl (C=O) groups is 2. The van der Waals surface area contributed by atoms with Gasteiger partial charge in [0.15, 0.2) is 0 Å². The number of rotatable bonds is 1. The second-order valence-electron chi connectivity index (χ2n) is 8.20. The fourth-order valence-corrected chi connectivity index (χ4v) is 3.33. The third kappa shape index (κ3) is 3.53. The van der Waals surface area contributed by atoms with E-state index in [0.29, 0.717) is 5.69 Å². The summed E-state index contributed by atoms with van der Waals surface area (Å²) in [5.41, 5.74) is 0.623. The summed E-state index contributed by atoms with van der Waals surface area (Å²) in [6.07, 6.45) is -0.656. The van der Waals surface area contributed by atoms with Gasteiger partial charge >= 0.3 is 6.09 Å². The van der Waals surface area contributed by atoms with Gasteiger partial charge in [0.1, 0.15) is 5.60 Å². The maximum Gasteiger partial charge on any atom is 0.421 e. The molecule has 2 aromatic carbocycles. The lowest BCUT2D eigenvalue weighted by Gasteiger charge is -2.28. The number of hydrogen-bond donors (Lipinski definition) is 0. The first-order chi connectivity index (χ1) is 13.1. The van der Waals surface area contributed by atoms with Crippen LogP contribution < -0.4 is 4.90 Å². The van der Waals surface area contributed by atoms with Crippen molar-refractivity contribution in [3.8, 4) is 11.8 Å². The average Bonchev–Trinajstić information content (AvgIpc) is 2.88. The zero-order valence-corrected chi connectivity index (χ0v) is 16.9. The number of ether oxygens (including phenoxy) is 1. The zero-order chi connectivity index (χ0) is 20.5. The molecule has 0 aliphatic carbocycles. The molecule has 1 heterocycles. The molecule has 1 aliphatic rings. The van der Waals surface area contributed by atoms with E-state index in [9.17, 15) is 9.59 Å². The molecule has 0 saturated carbocycles. The Morgan fingerprint density at radius 1 is 1.07 bits per heavy atom. The second kappa shape index (κ2) is 7.16. The van der Waals surface area contributed by atoms with Crippen molar-refractivity contribution >= 4 is 17.7 Å². The molecule has 0 fully saturated rings. The summed E-state index contributed by atoms with van der Waals surface area (Å²) in [5.74, 6) is 5.75. The Kier molecular flexibility index (Phi) is 5.04. The van der Waals surface area contributed by atoms with E-state index in [4.69, 9.17) is 4.74 Å². The molecule has 0 radical (unpaired) electrons. The highest BCUT2D eigenvalue weighted by Crippen LogP contribution is 2.46. The van der Waals surface area contributed by atoms with Gasteiger partial charge in [-0.1, -0.05) is 55.2 Å². The van der Waals surface area contributed by atoms with E-state index in [1.807, 2.05) is 62.4 Å². The van der Waals surface area contributed by atoms with Gasteiger partial charge in [0.25, 0.3) is 0 Å². The monoisotopic (exact) mass is 375 g/mol. The fourth-order valence-electron chi connectivity index (χ4n) is 3.33. The van der Waals surface area contributed by atoms with Gasteiger partial charge in [-0.05, 0) is 51.5 Å². The quantitative estimate of drug-likeness (QED) is 0.665. The van der Waals surface area contributed by atoms with Crippen LogP contribution in [0.1, 0.15) is 45.7 Å². The first kappa shape index (κ1) is 19.7. The normalized spacial score (nSPS) is 19.5. The zero-order valence-electron chi connectivity index (χ0n) is 16.9. The Labute approximate surface area is 166 Å². The van der Waals surface area contributed by atoms with E-state index in [0.717, 1.165) is 16.0 Å². The molecule has 1 aliphatic heterocycles. The smallest absolute Gasteiger partial charge is 0.421 e.